The first kappa shape index (κ1) is 15.8. The molecule has 5 nitrogen and oxygen atoms in total. The molecule has 1 aromatic carbocycles. The summed E-state index contributed by atoms with van der Waals surface area (Å²) >= 11 is 0. The predicted octanol–water partition coefficient (Wildman–Crippen LogP) is 3.25. The molecular weight excluding hydrogens is 292 g/mol. The molecule has 124 valence electrons. The molecule has 23 heavy (non-hydrogen) atoms. The topological polar surface area (TPSA) is 59.9 Å². The average molecular weight is 316 g/mol. The summed E-state index contributed by atoms with van der Waals surface area (Å²) in [5.41, 5.74) is 4.23. The molecular formula is C18H24N2O3. The lowest BCUT2D eigenvalue weighted by Gasteiger charge is -2.21. The zero-order chi connectivity index (χ0) is 16.4. The number of carbonyl (C=O) groups excluding carboxylic acids is 1. The molecule has 5 heteroatoms. The SMILES string of the molecule is COc1ccc(C(=O)N/N=C(/C)[C@H]2C[C@H]3CC[C@H]2C3)cc1OC. The van der Waals surface area contributed by atoms with Crippen molar-refractivity contribution in [3.63, 3.8) is 0 Å². The molecule has 0 heterocycles. The van der Waals surface area contributed by atoms with Crippen LogP contribution in [0.4, 0.5) is 0 Å². The van der Waals surface area contributed by atoms with Crippen LogP contribution >= 0.6 is 0 Å². The van der Waals surface area contributed by atoms with Gasteiger partial charge < -0.3 is 9.47 Å². The van der Waals surface area contributed by atoms with Crippen LogP contribution in [-0.2, 0) is 0 Å². The summed E-state index contributed by atoms with van der Waals surface area (Å²) in [5, 5.41) is 4.34. The van der Waals surface area contributed by atoms with Crippen LogP contribution in [-0.4, -0.2) is 25.8 Å². The maximum absolute atomic E-state index is 12.3. The molecule has 1 N–H and O–H groups in total. The van der Waals surface area contributed by atoms with E-state index < -0.39 is 0 Å². The minimum atomic E-state index is -0.228. The largest absolute Gasteiger partial charge is 0.493 e. The fourth-order valence-corrected chi connectivity index (χ4v) is 4.02. The number of rotatable bonds is 5. The molecule has 2 fully saturated rings. The van der Waals surface area contributed by atoms with Gasteiger partial charge >= 0.3 is 0 Å². The van der Waals surface area contributed by atoms with Gasteiger partial charge in [-0.1, -0.05) is 6.42 Å². The van der Waals surface area contributed by atoms with Crippen molar-refractivity contribution >= 4 is 11.6 Å². The first-order chi connectivity index (χ1) is 11.1. The molecule has 0 spiro atoms. The highest BCUT2D eigenvalue weighted by Gasteiger charge is 2.40. The molecule has 2 aliphatic carbocycles. The normalized spacial score (nSPS) is 26.2. The Morgan fingerprint density at radius 1 is 1.17 bits per heavy atom. The number of hydrazone groups is 1. The summed E-state index contributed by atoms with van der Waals surface area (Å²) in [7, 11) is 3.12. The predicted molar refractivity (Wildman–Crippen MR) is 89.1 cm³/mol. The van der Waals surface area contributed by atoms with Crippen LogP contribution in [0.3, 0.4) is 0 Å². The minimum Gasteiger partial charge on any atom is -0.493 e. The molecule has 0 radical (unpaired) electrons. The molecule has 0 aromatic heterocycles. The maximum Gasteiger partial charge on any atom is 0.271 e. The Morgan fingerprint density at radius 3 is 2.57 bits per heavy atom. The van der Waals surface area contributed by atoms with E-state index in [0.717, 1.165) is 17.5 Å². The summed E-state index contributed by atoms with van der Waals surface area (Å²) in [6.45, 7) is 2.03. The molecule has 0 aliphatic heterocycles. The van der Waals surface area contributed by atoms with Crippen LogP contribution in [0.25, 0.3) is 0 Å². The van der Waals surface area contributed by atoms with Crippen molar-refractivity contribution in [2.75, 3.05) is 14.2 Å². The zero-order valence-electron chi connectivity index (χ0n) is 14.0. The second kappa shape index (κ2) is 6.60. The van der Waals surface area contributed by atoms with Crippen molar-refractivity contribution in [1.82, 2.24) is 5.43 Å². The molecule has 2 saturated carbocycles. The summed E-state index contributed by atoms with van der Waals surface area (Å²) in [6, 6.07) is 5.09. The summed E-state index contributed by atoms with van der Waals surface area (Å²) < 4.78 is 10.4. The number of methoxy groups -OCH3 is 2. The van der Waals surface area contributed by atoms with E-state index in [1.807, 2.05) is 6.92 Å². The number of benzene rings is 1. The molecule has 1 aromatic rings. The van der Waals surface area contributed by atoms with E-state index in [1.54, 1.807) is 32.4 Å². The van der Waals surface area contributed by atoms with Gasteiger partial charge in [-0.2, -0.15) is 5.10 Å². The van der Waals surface area contributed by atoms with Crippen molar-refractivity contribution in [2.45, 2.75) is 32.6 Å². The highest BCUT2D eigenvalue weighted by molar-refractivity contribution is 5.96. The van der Waals surface area contributed by atoms with Gasteiger partial charge in [-0.05, 0) is 56.2 Å². The Morgan fingerprint density at radius 2 is 1.96 bits per heavy atom. The fraction of sp³-hybridized carbons (Fsp3) is 0.556. The monoisotopic (exact) mass is 316 g/mol. The van der Waals surface area contributed by atoms with Crippen molar-refractivity contribution in [2.24, 2.45) is 22.9 Å². The van der Waals surface area contributed by atoms with E-state index in [9.17, 15) is 4.79 Å². The quantitative estimate of drug-likeness (QED) is 0.670. The lowest BCUT2D eigenvalue weighted by Crippen LogP contribution is -2.24. The average Bonchev–Trinajstić information content (AvgIpc) is 3.21. The third-order valence-corrected chi connectivity index (χ3v) is 5.25. The number of nitrogens with zero attached hydrogens (tertiary/aromatic N) is 1. The van der Waals surface area contributed by atoms with Gasteiger partial charge in [-0.15, -0.1) is 0 Å². The first-order valence-electron chi connectivity index (χ1n) is 8.19. The Labute approximate surface area is 137 Å². The van der Waals surface area contributed by atoms with Gasteiger partial charge in [-0.3, -0.25) is 4.79 Å². The molecule has 3 atom stereocenters. The van der Waals surface area contributed by atoms with Crippen LogP contribution in [0.1, 0.15) is 43.0 Å². The van der Waals surface area contributed by atoms with E-state index in [0.29, 0.717) is 23.0 Å². The molecule has 1 amide bonds. The van der Waals surface area contributed by atoms with Crippen LogP contribution in [0.5, 0.6) is 11.5 Å². The maximum atomic E-state index is 12.3. The summed E-state index contributed by atoms with van der Waals surface area (Å²) in [5.74, 6) is 3.09. The van der Waals surface area contributed by atoms with Gasteiger partial charge in [0.05, 0.1) is 14.2 Å². The summed E-state index contributed by atoms with van der Waals surface area (Å²) in [6.07, 6.45) is 5.24. The van der Waals surface area contributed by atoms with Crippen molar-refractivity contribution < 1.29 is 14.3 Å². The standard InChI is InChI=1S/C18H24N2O3/c1-11(15-9-12-4-5-13(15)8-12)19-20-18(21)14-6-7-16(22-2)17(10-14)23-3/h6-7,10,12-13,15H,4-5,8-9H2,1-3H3,(H,20,21)/b19-11-/t12-,13-,15+/m0/s1. The third-order valence-electron chi connectivity index (χ3n) is 5.25. The molecule has 0 saturated heterocycles. The number of hydrogen-bond donors (Lipinski definition) is 1. The molecule has 2 aliphatic rings. The highest BCUT2D eigenvalue weighted by atomic mass is 16.5. The molecule has 0 unspecified atom stereocenters. The summed E-state index contributed by atoms with van der Waals surface area (Å²) in [4.78, 5) is 12.3. The fourth-order valence-electron chi connectivity index (χ4n) is 4.02. The smallest absolute Gasteiger partial charge is 0.271 e. The Hall–Kier alpha value is -2.04. The molecule has 2 bridgehead atoms. The van der Waals surface area contributed by atoms with Crippen LogP contribution < -0.4 is 14.9 Å². The van der Waals surface area contributed by atoms with Gasteiger partial charge in [0.2, 0.25) is 0 Å². The lowest BCUT2D eigenvalue weighted by atomic mass is 9.86. The zero-order valence-corrected chi connectivity index (χ0v) is 14.0. The third kappa shape index (κ3) is 3.19. The van der Waals surface area contributed by atoms with Gasteiger partial charge in [0.15, 0.2) is 11.5 Å². The van der Waals surface area contributed by atoms with E-state index in [2.05, 4.69) is 10.5 Å². The van der Waals surface area contributed by atoms with E-state index in [-0.39, 0.29) is 5.91 Å². The van der Waals surface area contributed by atoms with Gasteiger partial charge in [0.25, 0.3) is 5.91 Å². The highest BCUT2D eigenvalue weighted by Crippen LogP contribution is 2.48. The Bertz CT molecular complexity index is 627. The van der Waals surface area contributed by atoms with Crippen molar-refractivity contribution in [1.29, 1.82) is 0 Å². The van der Waals surface area contributed by atoms with Crippen LogP contribution in [0.15, 0.2) is 23.3 Å². The first-order valence-corrected chi connectivity index (χ1v) is 8.19. The van der Waals surface area contributed by atoms with Gasteiger partial charge in [0.1, 0.15) is 0 Å². The number of hydrogen-bond acceptors (Lipinski definition) is 4. The number of ether oxygens (including phenoxy) is 2. The number of fused-ring (bicyclic) bond motifs is 2. The van der Waals surface area contributed by atoms with Gasteiger partial charge in [-0.25, -0.2) is 5.43 Å². The van der Waals surface area contributed by atoms with Crippen LogP contribution in [0.2, 0.25) is 0 Å². The number of nitrogens with one attached hydrogen (secondary N) is 1. The van der Waals surface area contributed by atoms with Crippen molar-refractivity contribution in [3.8, 4) is 11.5 Å². The van der Waals surface area contributed by atoms with E-state index >= 15 is 0 Å². The lowest BCUT2D eigenvalue weighted by molar-refractivity contribution is 0.0954. The number of amides is 1. The Kier molecular flexibility index (Phi) is 4.55. The molecule has 3 rings (SSSR count). The van der Waals surface area contributed by atoms with E-state index in [4.69, 9.17) is 9.47 Å². The Balaban J connectivity index is 1.66. The van der Waals surface area contributed by atoms with Gasteiger partial charge in [0, 0.05) is 17.2 Å². The second-order valence-corrected chi connectivity index (χ2v) is 6.55. The second-order valence-electron chi connectivity index (χ2n) is 6.55. The minimum absolute atomic E-state index is 0.228. The van der Waals surface area contributed by atoms with Crippen LogP contribution in [0, 0.1) is 17.8 Å². The number of carbonyl (C=O) groups is 1. The van der Waals surface area contributed by atoms with E-state index in [1.165, 1.54) is 25.7 Å². The van der Waals surface area contributed by atoms with Crippen molar-refractivity contribution in [3.05, 3.63) is 23.8 Å².